The van der Waals surface area contributed by atoms with E-state index in [0.29, 0.717) is 23.7 Å². The van der Waals surface area contributed by atoms with Crippen LogP contribution < -0.4 is 0 Å². The summed E-state index contributed by atoms with van der Waals surface area (Å²) in [6, 6.07) is 0. The van der Waals surface area contributed by atoms with Crippen molar-refractivity contribution in [1.29, 1.82) is 0 Å². The van der Waals surface area contributed by atoms with Gasteiger partial charge in [0.15, 0.2) is 0 Å². The lowest BCUT2D eigenvalue weighted by Gasteiger charge is -2.27. The first-order valence-corrected chi connectivity index (χ1v) is 11.4. The number of carbonyl (C=O) groups is 2. The third-order valence-electron chi connectivity index (χ3n) is 9.58. The molecule has 0 heterocycles. The second kappa shape index (κ2) is 6.22. The summed E-state index contributed by atoms with van der Waals surface area (Å²) in [4.78, 5) is 25.8. The molecule has 4 aliphatic rings. The van der Waals surface area contributed by atoms with Crippen molar-refractivity contribution in [2.75, 3.05) is 13.2 Å². The van der Waals surface area contributed by atoms with Crippen molar-refractivity contribution in [1.82, 2.24) is 0 Å². The predicted molar refractivity (Wildman–Crippen MR) is 107 cm³/mol. The molecule has 0 radical (unpaired) electrons. The van der Waals surface area contributed by atoms with Crippen LogP contribution in [0, 0.1) is 45.3 Å². The van der Waals surface area contributed by atoms with Gasteiger partial charge in [0.05, 0.1) is 10.8 Å². The molecule has 28 heavy (non-hydrogen) atoms. The van der Waals surface area contributed by atoms with E-state index in [1.165, 1.54) is 12.8 Å². The molecule has 4 saturated carbocycles. The Morgan fingerprint density at radius 1 is 0.714 bits per heavy atom. The zero-order valence-electron chi connectivity index (χ0n) is 18.6. The maximum Gasteiger partial charge on any atom is 0.313 e. The van der Waals surface area contributed by atoms with Gasteiger partial charge in [-0.25, -0.2) is 0 Å². The molecule has 4 aliphatic carbocycles. The summed E-state index contributed by atoms with van der Waals surface area (Å²) in [5, 5.41) is 0. The fourth-order valence-electron chi connectivity index (χ4n) is 7.67. The average molecular weight is 391 g/mol. The fourth-order valence-corrected chi connectivity index (χ4v) is 7.67. The topological polar surface area (TPSA) is 52.6 Å². The monoisotopic (exact) mass is 390 g/mol. The first-order valence-electron chi connectivity index (χ1n) is 11.4. The van der Waals surface area contributed by atoms with Gasteiger partial charge in [0, 0.05) is 0 Å². The van der Waals surface area contributed by atoms with E-state index in [-0.39, 0.29) is 46.8 Å². The Morgan fingerprint density at radius 2 is 1.07 bits per heavy atom. The molecule has 6 atom stereocenters. The Morgan fingerprint density at radius 3 is 1.43 bits per heavy atom. The zero-order chi connectivity index (χ0) is 20.5. The number of ether oxygens (including phenoxy) is 2. The van der Waals surface area contributed by atoms with Gasteiger partial charge in [-0.15, -0.1) is 0 Å². The molecule has 4 fully saturated rings. The summed E-state index contributed by atoms with van der Waals surface area (Å²) >= 11 is 0. The number of esters is 2. The highest BCUT2D eigenvalue weighted by Crippen LogP contribution is 2.76. The van der Waals surface area contributed by atoms with Crippen LogP contribution in [-0.4, -0.2) is 25.2 Å². The van der Waals surface area contributed by atoms with Gasteiger partial charge in [0.2, 0.25) is 0 Å². The van der Waals surface area contributed by atoms with Gasteiger partial charge in [-0.2, -0.15) is 0 Å². The summed E-state index contributed by atoms with van der Waals surface area (Å²) in [5.74, 6) is 1.90. The van der Waals surface area contributed by atoms with E-state index in [2.05, 4.69) is 41.5 Å². The minimum atomic E-state index is -0.310. The molecule has 0 bridgehead atoms. The summed E-state index contributed by atoms with van der Waals surface area (Å²) in [7, 11) is 0. The van der Waals surface area contributed by atoms with Gasteiger partial charge in [-0.3, -0.25) is 9.59 Å². The van der Waals surface area contributed by atoms with Crippen molar-refractivity contribution in [2.24, 2.45) is 45.3 Å². The van der Waals surface area contributed by atoms with Gasteiger partial charge < -0.3 is 9.47 Å². The molecule has 0 aromatic heterocycles. The van der Waals surface area contributed by atoms with Crippen LogP contribution >= 0.6 is 0 Å². The smallest absolute Gasteiger partial charge is 0.313 e. The molecular weight excluding hydrogens is 352 g/mol. The zero-order valence-corrected chi connectivity index (χ0v) is 18.6. The Hall–Kier alpha value is -1.06. The lowest BCUT2D eigenvalue weighted by Crippen LogP contribution is -2.32. The number of rotatable bonds is 5. The maximum absolute atomic E-state index is 12.9. The minimum Gasteiger partial charge on any atom is -0.462 e. The van der Waals surface area contributed by atoms with Gasteiger partial charge in [-0.1, -0.05) is 54.4 Å². The summed E-state index contributed by atoms with van der Waals surface area (Å²) in [6.07, 6.45) is 6.52. The van der Waals surface area contributed by atoms with Crippen LogP contribution in [0.3, 0.4) is 0 Å². The van der Waals surface area contributed by atoms with Gasteiger partial charge in [0.25, 0.3) is 0 Å². The lowest BCUT2D eigenvalue weighted by atomic mass is 9.80. The molecule has 6 unspecified atom stereocenters. The van der Waals surface area contributed by atoms with Crippen LogP contribution in [0.25, 0.3) is 0 Å². The van der Waals surface area contributed by atoms with E-state index < -0.39 is 0 Å². The van der Waals surface area contributed by atoms with E-state index in [9.17, 15) is 9.59 Å². The minimum absolute atomic E-state index is 0.0357. The van der Waals surface area contributed by atoms with Crippen molar-refractivity contribution in [3.8, 4) is 0 Å². The molecule has 4 heteroatoms. The number of hydrogen-bond acceptors (Lipinski definition) is 4. The first-order chi connectivity index (χ1) is 13.0. The molecule has 0 amide bonds. The van der Waals surface area contributed by atoms with Crippen molar-refractivity contribution in [3.63, 3.8) is 0 Å². The van der Waals surface area contributed by atoms with Crippen molar-refractivity contribution in [3.05, 3.63) is 0 Å². The Labute approximate surface area is 170 Å². The predicted octanol–water partition coefficient (Wildman–Crippen LogP) is 5.00. The van der Waals surface area contributed by atoms with Crippen LogP contribution in [0.5, 0.6) is 0 Å². The molecular formula is C24H38O4. The quantitative estimate of drug-likeness (QED) is 0.490. The van der Waals surface area contributed by atoms with Gasteiger partial charge in [0.1, 0.15) is 13.2 Å². The molecule has 0 spiro atoms. The Kier molecular flexibility index (Phi) is 4.49. The van der Waals surface area contributed by atoms with Crippen LogP contribution in [-0.2, 0) is 19.1 Å². The summed E-state index contributed by atoms with van der Waals surface area (Å²) in [5.41, 5.74) is -0.548. The summed E-state index contributed by atoms with van der Waals surface area (Å²) < 4.78 is 11.3. The van der Waals surface area contributed by atoms with Crippen molar-refractivity contribution in [2.45, 2.75) is 80.1 Å². The fraction of sp³-hybridized carbons (Fsp3) is 0.917. The standard InChI is InChI=1S/C24H38O4/c1-15-7-9-17-21(3,4)23(17,13-15)19(25)27-11-12-28-20(26)24-14-16(2)8-10-18(24)22(24,5)6/h15-18H,7-14H2,1-6H3. The second-order valence-corrected chi connectivity index (χ2v) is 11.5. The number of carbonyl (C=O) groups excluding carboxylic acids is 2. The molecule has 0 N–H and O–H groups in total. The van der Waals surface area contributed by atoms with E-state index in [1.807, 2.05) is 0 Å². The van der Waals surface area contributed by atoms with Crippen molar-refractivity contribution < 1.29 is 19.1 Å². The van der Waals surface area contributed by atoms with Crippen LogP contribution in [0.4, 0.5) is 0 Å². The van der Waals surface area contributed by atoms with E-state index in [4.69, 9.17) is 9.47 Å². The molecule has 158 valence electrons. The Balaban J connectivity index is 1.30. The molecule has 0 aliphatic heterocycles. The highest BCUT2D eigenvalue weighted by molar-refractivity contribution is 5.84. The average Bonchev–Trinajstić information content (AvgIpc) is 3.34. The molecule has 0 aromatic carbocycles. The highest BCUT2D eigenvalue weighted by atomic mass is 16.6. The van der Waals surface area contributed by atoms with E-state index >= 15 is 0 Å². The van der Waals surface area contributed by atoms with E-state index in [1.54, 1.807) is 0 Å². The second-order valence-electron chi connectivity index (χ2n) is 11.5. The molecule has 4 rings (SSSR count). The Bertz CT molecular complexity index is 622. The maximum atomic E-state index is 12.9. The number of hydrogen-bond donors (Lipinski definition) is 0. The largest absolute Gasteiger partial charge is 0.462 e. The molecule has 0 aromatic rings. The third-order valence-corrected chi connectivity index (χ3v) is 9.58. The van der Waals surface area contributed by atoms with Gasteiger partial charge in [-0.05, 0) is 60.2 Å². The van der Waals surface area contributed by atoms with E-state index in [0.717, 1.165) is 25.7 Å². The van der Waals surface area contributed by atoms with Crippen LogP contribution in [0.1, 0.15) is 80.1 Å². The SMILES string of the molecule is CC1CCC2C(C)(C)C2(C(=O)OCCOC(=O)C23CC(C)CCC2C3(C)C)C1. The van der Waals surface area contributed by atoms with Crippen LogP contribution in [0.15, 0.2) is 0 Å². The molecule has 0 saturated heterocycles. The number of fused-ring (bicyclic) bond motifs is 2. The normalized spacial score (nSPS) is 44.6. The van der Waals surface area contributed by atoms with Gasteiger partial charge >= 0.3 is 11.9 Å². The summed E-state index contributed by atoms with van der Waals surface area (Å²) in [6.45, 7) is 13.6. The highest BCUT2D eigenvalue weighted by Gasteiger charge is 2.77. The van der Waals surface area contributed by atoms with Crippen LogP contribution in [0.2, 0.25) is 0 Å². The lowest BCUT2D eigenvalue weighted by molar-refractivity contribution is -0.162. The molecule has 4 nitrogen and oxygen atoms in total. The first kappa shape index (κ1) is 20.2. The van der Waals surface area contributed by atoms with Crippen molar-refractivity contribution >= 4 is 11.9 Å². The third kappa shape index (κ3) is 2.48.